The number of nitrogens with zero attached hydrogens (tertiary/aromatic N) is 4. The SMILES string of the molecule is CCOc1cccc(C=Nc2ccccc2N=Cc2cccc(OCC)c2[O-])c1[O-].CCOc1cccc(C=Nc2ccccc2N=Cc2cccc(OCC)c2[O-])c1[O-].O.[Cu+2].[Cu+2].[O-][Cl+3]([O-])([O-])[O-].[OH3+]. The minimum absolute atomic E-state index is 0. The zero-order valence-corrected chi connectivity index (χ0v) is 40.1. The molecule has 69 heavy (non-hydrogen) atoms. The third-order valence-corrected chi connectivity index (χ3v) is 8.37. The molecule has 0 atom stereocenters. The molecule has 374 valence electrons. The summed E-state index contributed by atoms with van der Waals surface area (Å²) in [6.07, 6.45) is 5.98. The molecular formula is C48H49ClCu2N4O14. The molecule has 2 radical (unpaired) electrons. The van der Waals surface area contributed by atoms with E-state index >= 15 is 0 Å². The second kappa shape index (κ2) is 32.3. The van der Waals surface area contributed by atoms with Gasteiger partial charge < -0.3 is 50.3 Å². The van der Waals surface area contributed by atoms with Crippen LogP contribution in [0.5, 0.6) is 46.0 Å². The van der Waals surface area contributed by atoms with Crippen LogP contribution in [-0.4, -0.2) is 56.8 Å². The molecule has 6 aromatic rings. The molecule has 6 rings (SSSR count). The summed E-state index contributed by atoms with van der Waals surface area (Å²) in [4.78, 5) is 17.7. The van der Waals surface area contributed by atoms with Crippen LogP contribution in [0.25, 0.3) is 0 Å². The molecular weight excluding hydrogens is 1020 g/mol. The van der Waals surface area contributed by atoms with E-state index in [1.807, 2.05) is 52.0 Å². The van der Waals surface area contributed by atoms with E-state index < -0.39 is 10.2 Å². The molecule has 0 aliphatic carbocycles. The molecule has 0 saturated carbocycles. The number of para-hydroxylation sites is 8. The maximum absolute atomic E-state index is 12.4. The molecule has 5 N–H and O–H groups in total. The summed E-state index contributed by atoms with van der Waals surface area (Å²) in [5.41, 5.74) is 3.98. The predicted octanol–water partition coefficient (Wildman–Crippen LogP) is 1.76. The Labute approximate surface area is 422 Å². The Balaban J connectivity index is 0.00000116. The second-order valence-corrected chi connectivity index (χ2v) is 13.6. The van der Waals surface area contributed by atoms with E-state index in [1.165, 1.54) is 24.9 Å². The van der Waals surface area contributed by atoms with Crippen LogP contribution in [0, 0.1) is 10.2 Å². The molecule has 0 aliphatic rings. The summed E-state index contributed by atoms with van der Waals surface area (Å²) >= 11 is 0. The normalized spacial score (nSPS) is 10.7. The fourth-order valence-corrected chi connectivity index (χ4v) is 5.54. The Morgan fingerprint density at radius 1 is 0.377 bits per heavy atom. The molecule has 0 bridgehead atoms. The fourth-order valence-electron chi connectivity index (χ4n) is 5.54. The van der Waals surface area contributed by atoms with Gasteiger partial charge in [0.15, 0.2) is 0 Å². The predicted molar refractivity (Wildman–Crippen MR) is 239 cm³/mol. The van der Waals surface area contributed by atoms with Crippen LogP contribution < -0.4 is 58.0 Å². The molecule has 0 aliphatic heterocycles. The standard InChI is InChI=1S/2C24H24N2O4.ClHO4.2Cu.2H2O/c2*1-3-29-21-13-7-9-17(23(21)27)15-25-19-11-5-6-12-20(19)26-16-18-10-8-14-22(24(18)28)30-4-2;2-1(3,4)5;;;;/h2*5-16,27-28H,3-4H2,1-2H3;(H,2,3,4,5);;;2*1H2/q;;;2*+2;;/p-4. The number of benzene rings is 6. The van der Waals surface area contributed by atoms with Crippen LogP contribution in [0.3, 0.4) is 0 Å². The van der Waals surface area contributed by atoms with Crippen molar-refractivity contribution in [3.8, 4) is 46.0 Å². The van der Waals surface area contributed by atoms with Crippen LogP contribution >= 0.6 is 0 Å². The molecule has 21 heteroatoms. The van der Waals surface area contributed by atoms with Crippen molar-refractivity contribution in [1.82, 2.24) is 0 Å². The maximum Gasteiger partial charge on any atom is 2.00 e. The van der Waals surface area contributed by atoms with Crippen LogP contribution in [0.1, 0.15) is 49.9 Å². The number of hydrogen-bond donors (Lipinski definition) is 0. The number of ether oxygens (including phenoxy) is 4. The first-order valence-corrected chi connectivity index (χ1v) is 21.2. The summed E-state index contributed by atoms with van der Waals surface area (Å²) in [6, 6.07) is 34.7. The maximum atomic E-state index is 12.4. The van der Waals surface area contributed by atoms with Gasteiger partial charge in [-0.15, -0.1) is 10.2 Å². The first-order chi connectivity index (χ1) is 31.3. The zero-order valence-electron chi connectivity index (χ0n) is 37.4. The molecule has 0 fully saturated rings. The third kappa shape index (κ3) is 20.3. The molecule has 0 amide bonds. The molecule has 0 aromatic heterocycles. The fraction of sp³-hybridized carbons (Fsp3) is 0.167. The Morgan fingerprint density at radius 2 is 0.565 bits per heavy atom. The average molecular weight is 1070 g/mol. The summed E-state index contributed by atoms with van der Waals surface area (Å²) in [5, 5.41) is 49.6. The summed E-state index contributed by atoms with van der Waals surface area (Å²) in [7, 11) is -4.94. The van der Waals surface area contributed by atoms with Crippen molar-refractivity contribution in [2.75, 3.05) is 26.4 Å². The van der Waals surface area contributed by atoms with Gasteiger partial charge in [-0.25, -0.2) is 18.6 Å². The number of halogens is 1. The molecule has 18 nitrogen and oxygen atoms in total. The number of aliphatic imine (C=N–C) groups is 4. The first-order valence-electron chi connectivity index (χ1n) is 19.9. The van der Waals surface area contributed by atoms with Crippen molar-refractivity contribution in [2.24, 2.45) is 20.0 Å². The van der Waals surface area contributed by atoms with Crippen LogP contribution in [0.2, 0.25) is 0 Å². The van der Waals surface area contributed by atoms with E-state index in [2.05, 4.69) is 20.0 Å². The Kier molecular flexibility index (Phi) is 29.2. The van der Waals surface area contributed by atoms with E-state index in [-0.39, 0.29) is 68.1 Å². The van der Waals surface area contributed by atoms with Crippen molar-refractivity contribution in [2.45, 2.75) is 27.7 Å². The van der Waals surface area contributed by atoms with Gasteiger partial charge in [0.2, 0.25) is 0 Å². The van der Waals surface area contributed by atoms with E-state index in [9.17, 15) is 20.4 Å². The van der Waals surface area contributed by atoms with E-state index in [4.69, 9.17) is 37.6 Å². The van der Waals surface area contributed by atoms with Crippen molar-refractivity contribution in [3.63, 3.8) is 0 Å². The number of hydrogen-bond acceptors (Lipinski definition) is 16. The number of rotatable bonds is 16. The topological polar surface area (TPSA) is 335 Å². The van der Waals surface area contributed by atoms with Gasteiger partial charge in [-0.1, -0.05) is 95.8 Å². The second-order valence-electron chi connectivity index (χ2n) is 12.8. The Morgan fingerprint density at radius 3 is 0.739 bits per heavy atom. The molecule has 0 unspecified atom stereocenters. The van der Waals surface area contributed by atoms with Crippen molar-refractivity contribution in [3.05, 3.63) is 144 Å². The molecule has 6 aromatic carbocycles. The van der Waals surface area contributed by atoms with Crippen LogP contribution in [0.4, 0.5) is 22.7 Å². The van der Waals surface area contributed by atoms with Gasteiger partial charge in [0.05, 0.1) is 49.2 Å². The molecule has 0 heterocycles. The summed E-state index contributed by atoms with van der Waals surface area (Å²) < 4.78 is 55.3. The van der Waals surface area contributed by atoms with Gasteiger partial charge in [0.25, 0.3) is 0 Å². The quantitative estimate of drug-likeness (QED) is 0.0761. The van der Waals surface area contributed by atoms with Gasteiger partial charge in [-0.2, -0.15) is 0 Å². The van der Waals surface area contributed by atoms with E-state index in [1.54, 1.807) is 97.1 Å². The Hall–Kier alpha value is -6.51. The van der Waals surface area contributed by atoms with Gasteiger partial charge in [-0.05, 0) is 98.5 Å². The van der Waals surface area contributed by atoms with Crippen molar-refractivity contribution >= 4 is 47.6 Å². The van der Waals surface area contributed by atoms with Gasteiger partial charge >= 0.3 is 34.1 Å². The summed E-state index contributed by atoms with van der Waals surface area (Å²) in [5.74, 6) is 0.325. The van der Waals surface area contributed by atoms with Crippen LogP contribution in [0.15, 0.2) is 141 Å². The smallest absolute Gasteiger partial charge is 0.870 e. The van der Waals surface area contributed by atoms with Gasteiger partial charge in [0, 0.05) is 24.9 Å². The Bertz CT molecular complexity index is 2250. The van der Waals surface area contributed by atoms with Crippen molar-refractivity contribution < 1.29 is 113 Å². The van der Waals surface area contributed by atoms with E-state index in [0.717, 1.165) is 0 Å². The average Bonchev–Trinajstić information content (AvgIpc) is 3.28. The summed E-state index contributed by atoms with van der Waals surface area (Å²) in [6.45, 7) is 8.97. The van der Waals surface area contributed by atoms with Gasteiger partial charge in [-0.3, -0.25) is 20.0 Å². The van der Waals surface area contributed by atoms with Crippen LogP contribution in [-0.2, 0) is 39.6 Å². The molecule has 0 spiro atoms. The van der Waals surface area contributed by atoms with E-state index in [0.29, 0.717) is 94.4 Å². The minimum atomic E-state index is -4.94. The zero-order chi connectivity index (χ0) is 47.2. The largest absolute Gasteiger partial charge is 2.00 e. The monoisotopic (exact) mass is 1070 g/mol. The third-order valence-electron chi connectivity index (χ3n) is 8.37. The molecule has 0 saturated heterocycles. The van der Waals surface area contributed by atoms with Gasteiger partial charge in [0.1, 0.15) is 23.0 Å². The van der Waals surface area contributed by atoms with Crippen molar-refractivity contribution in [1.29, 1.82) is 0 Å². The minimum Gasteiger partial charge on any atom is -0.870 e. The first kappa shape index (κ1) is 62.5.